The van der Waals surface area contributed by atoms with Crippen molar-refractivity contribution in [1.82, 2.24) is 0 Å². The predicted octanol–water partition coefficient (Wildman–Crippen LogP) is 4.10. The van der Waals surface area contributed by atoms with Crippen molar-refractivity contribution >= 4 is 21.5 Å². The summed E-state index contributed by atoms with van der Waals surface area (Å²) in [6.45, 7) is 2.16. The maximum absolute atomic E-state index is 3.32. The van der Waals surface area contributed by atoms with Crippen molar-refractivity contribution in [3.63, 3.8) is 0 Å². The molecule has 0 heterocycles. The molecule has 0 atom stereocenters. The summed E-state index contributed by atoms with van der Waals surface area (Å²) < 4.78 is 0. The molecule has 0 fully saturated rings. The fourth-order valence-corrected chi connectivity index (χ4v) is 2.16. The van der Waals surface area contributed by atoms with Crippen LogP contribution in [-0.2, 0) is 0 Å². The Balaban J connectivity index is 2.64. The second kappa shape index (κ2) is 3.09. The average Bonchev–Trinajstić information content (AvgIpc) is 2.29. The lowest BCUT2D eigenvalue weighted by Crippen LogP contribution is -1.81. The van der Waals surface area contributed by atoms with Gasteiger partial charge < -0.3 is 0 Å². The Kier molecular flexibility index (Phi) is 1.75. The summed E-state index contributed by atoms with van der Waals surface area (Å²) in [4.78, 5) is 0. The normalized spacial score (nSPS) is 11.0. The van der Waals surface area contributed by atoms with Crippen molar-refractivity contribution in [2.24, 2.45) is 0 Å². The quantitative estimate of drug-likeness (QED) is 0.469. The molecule has 1 radical (unpaired) electrons. The van der Waals surface area contributed by atoms with Crippen molar-refractivity contribution in [3.05, 3.63) is 60.2 Å². The zero-order valence-corrected chi connectivity index (χ0v) is 8.62. The van der Waals surface area contributed by atoms with Gasteiger partial charge in [0.25, 0.3) is 0 Å². The smallest absolute Gasteiger partial charge is 0.00757 e. The van der Waals surface area contributed by atoms with Crippen molar-refractivity contribution in [2.75, 3.05) is 0 Å². The first-order valence-corrected chi connectivity index (χ1v) is 5.15. The third-order valence-corrected chi connectivity index (χ3v) is 2.88. The maximum Gasteiger partial charge on any atom is -0.00757 e. The highest BCUT2D eigenvalue weighted by molar-refractivity contribution is 6.08. The van der Waals surface area contributed by atoms with Gasteiger partial charge in [-0.25, -0.2) is 0 Å². The summed E-state index contributed by atoms with van der Waals surface area (Å²) in [6, 6.07) is 20.2. The van der Waals surface area contributed by atoms with Crippen LogP contribution in [0.1, 0.15) is 5.56 Å². The van der Waals surface area contributed by atoms with Crippen LogP contribution in [0.3, 0.4) is 0 Å². The zero-order chi connectivity index (χ0) is 10.3. The first-order valence-electron chi connectivity index (χ1n) is 5.15. The van der Waals surface area contributed by atoms with Crippen LogP contribution < -0.4 is 0 Å². The standard InChI is InChI=1S/C15H11/c1-11-5-4-7-13-10-9-12-6-2-3-8-14(12)15(11)13/h2-8,10H,1H3. The second-order valence-corrected chi connectivity index (χ2v) is 3.87. The van der Waals surface area contributed by atoms with Crippen LogP contribution in [0, 0.1) is 13.0 Å². The minimum atomic E-state index is 1.19. The molecule has 0 unspecified atom stereocenters. The van der Waals surface area contributed by atoms with Gasteiger partial charge in [0, 0.05) is 0 Å². The van der Waals surface area contributed by atoms with Crippen LogP contribution in [0.5, 0.6) is 0 Å². The molecular weight excluding hydrogens is 180 g/mol. The molecule has 0 saturated heterocycles. The molecule has 0 heteroatoms. The zero-order valence-electron chi connectivity index (χ0n) is 8.62. The average molecular weight is 191 g/mol. The lowest BCUT2D eigenvalue weighted by molar-refractivity contribution is 1.54. The third-order valence-electron chi connectivity index (χ3n) is 2.88. The van der Waals surface area contributed by atoms with Gasteiger partial charge in [-0.05, 0) is 46.2 Å². The van der Waals surface area contributed by atoms with E-state index in [1.165, 1.54) is 27.1 Å². The molecule has 3 aromatic rings. The van der Waals surface area contributed by atoms with Crippen molar-refractivity contribution < 1.29 is 0 Å². The number of benzene rings is 3. The highest BCUT2D eigenvalue weighted by Crippen LogP contribution is 2.27. The Morgan fingerprint density at radius 1 is 0.933 bits per heavy atom. The molecule has 0 saturated carbocycles. The number of hydrogen-bond donors (Lipinski definition) is 0. The predicted molar refractivity (Wildman–Crippen MR) is 65.0 cm³/mol. The molecule has 0 spiro atoms. The van der Waals surface area contributed by atoms with Crippen molar-refractivity contribution in [1.29, 1.82) is 0 Å². The van der Waals surface area contributed by atoms with E-state index in [0.717, 1.165) is 0 Å². The SMILES string of the molecule is Cc1cccc2c[c]c3ccccc3c12. The molecule has 3 rings (SSSR count). The van der Waals surface area contributed by atoms with Crippen molar-refractivity contribution in [3.8, 4) is 0 Å². The Labute approximate surface area is 89.2 Å². The van der Waals surface area contributed by atoms with Crippen LogP contribution in [-0.4, -0.2) is 0 Å². The third kappa shape index (κ3) is 1.22. The molecule has 0 bridgehead atoms. The topological polar surface area (TPSA) is 0 Å². The first kappa shape index (κ1) is 8.49. The lowest BCUT2D eigenvalue weighted by atomic mass is 9.99. The van der Waals surface area contributed by atoms with Gasteiger partial charge in [0.2, 0.25) is 0 Å². The molecule has 0 aliphatic heterocycles. The van der Waals surface area contributed by atoms with Gasteiger partial charge in [-0.15, -0.1) is 0 Å². The summed E-state index contributed by atoms with van der Waals surface area (Å²) in [5.41, 5.74) is 1.33. The number of hydrogen-bond acceptors (Lipinski definition) is 0. The summed E-state index contributed by atoms with van der Waals surface area (Å²) in [5, 5.41) is 5.12. The van der Waals surface area contributed by atoms with Gasteiger partial charge in [0.1, 0.15) is 0 Å². The second-order valence-electron chi connectivity index (χ2n) is 3.87. The molecule has 0 nitrogen and oxygen atoms in total. The van der Waals surface area contributed by atoms with Gasteiger partial charge in [-0.1, -0.05) is 42.5 Å². The van der Waals surface area contributed by atoms with E-state index >= 15 is 0 Å². The molecule has 0 aliphatic rings. The van der Waals surface area contributed by atoms with Gasteiger partial charge in [0.15, 0.2) is 0 Å². The van der Waals surface area contributed by atoms with E-state index in [0.29, 0.717) is 0 Å². The van der Waals surface area contributed by atoms with E-state index in [9.17, 15) is 0 Å². The fourth-order valence-electron chi connectivity index (χ4n) is 2.16. The number of fused-ring (bicyclic) bond motifs is 3. The minimum Gasteiger partial charge on any atom is -0.0616 e. The molecule has 71 valence electrons. The van der Waals surface area contributed by atoms with Crippen LogP contribution >= 0.6 is 0 Å². The van der Waals surface area contributed by atoms with Gasteiger partial charge in [-0.2, -0.15) is 0 Å². The molecule has 0 N–H and O–H groups in total. The molecule has 0 amide bonds. The first-order chi connectivity index (χ1) is 7.36. The summed E-state index contributed by atoms with van der Waals surface area (Å²) in [5.74, 6) is 0. The van der Waals surface area contributed by atoms with E-state index in [2.05, 4.69) is 61.5 Å². The Morgan fingerprint density at radius 3 is 2.73 bits per heavy atom. The molecular formula is C15H11. The fraction of sp³-hybridized carbons (Fsp3) is 0.0667. The van der Waals surface area contributed by atoms with E-state index < -0.39 is 0 Å². The van der Waals surface area contributed by atoms with Crippen LogP contribution in [0.25, 0.3) is 21.5 Å². The molecule has 0 aromatic heterocycles. The summed E-state index contributed by atoms with van der Waals surface area (Å²) >= 11 is 0. The number of rotatable bonds is 0. The van der Waals surface area contributed by atoms with Gasteiger partial charge in [0.05, 0.1) is 0 Å². The minimum absolute atomic E-state index is 1.19. The molecule has 3 aromatic carbocycles. The highest BCUT2D eigenvalue weighted by atomic mass is 14.0. The summed E-state index contributed by atoms with van der Waals surface area (Å²) in [7, 11) is 0. The Morgan fingerprint density at radius 2 is 1.80 bits per heavy atom. The Bertz CT molecular complexity index is 636. The van der Waals surface area contributed by atoms with E-state index in [1.54, 1.807) is 0 Å². The highest BCUT2D eigenvalue weighted by Gasteiger charge is 2.01. The molecule has 15 heavy (non-hydrogen) atoms. The number of aryl methyl sites for hydroxylation is 1. The van der Waals surface area contributed by atoms with Gasteiger partial charge >= 0.3 is 0 Å². The van der Waals surface area contributed by atoms with E-state index in [-0.39, 0.29) is 0 Å². The van der Waals surface area contributed by atoms with E-state index in [4.69, 9.17) is 0 Å². The monoisotopic (exact) mass is 191 g/mol. The van der Waals surface area contributed by atoms with Crippen LogP contribution in [0.2, 0.25) is 0 Å². The largest absolute Gasteiger partial charge is 0.0616 e. The van der Waals surface area contributed by atoms with Crippen molar-refractivity contribution in [2.45, 2.75) is 6.92 Å². The van der Waals surface area contributed by atoms with Crippen LogP contribution in [0.15, 0.2) is 48.5 Å². The van der Waals surface area contributed by atoms with Gasteiger partial charge in [-0.3, -0.25) is 0 Å². The van der Waals surface area contributed by atoms with E-state index in [1.807, 2.05) is 0 Å². The lowest BCUT2D eigenvalue weighted by Gasteiger charge is -2.05. The molecule has 0 aliphatic carbocycles. The maximum atomic E-state index is 3.32. The Hall–Kier alpha value is -1.82. The summed E-state index contributed by atoms with van der Waals surface area (Å²) in [6.07, 6.45) is 0. The van der Waals surface area contributed by atoms with Crippen LogP contribution in [0.4, 0.5) is 0 Å².